The van der Waals surface area contributed by atoms with Crippen molar-refractivity contribution in [1.29, 1.82) is 0 Å². The molecule has 8 heteroatoms. The van der Waals surface area contributed by atoms with Crippen molar-refractivity contribution in [1.82, 2.24) is 10.2 Å². The number of alkyl carbamates (subject to hydrolysis) is 1. The van der Waals surface area contributed by atoms with Crippen molar-refractivity contribution in [2.75, 3.05) is 20.3 Å². The van der Waals surface area contributed by atoms with E-state index in [2.05, 4.69) is 29.6 Å². The van der Waals surface area contributed by atoms with Crippen molar-refractivity contribution in [2.45, 2.75) is 49.3 Å². The Labute approximate surface area is 197 Å². The number of hydrogen-bond acceptors (Lipinski definition) is 5. The van der Waals surface area contributed by atoms with Crippen LogP contribution in [0.25, 0.3) is 11.1 Å². The lowest BCUT2D eigenvalue weighted by atomic mass is 9.98. The van der Waals surface area contributed by atoms with Crippen LogP contribution in [0.3, 0.4) is 0 Å². The molecule has 2 aromatic carbocycles. The standard InChI is InChI=1S/C26H28N2O6/c1-33-16-12-22(24(30)31)28(14-16)23(29)13-26(10-11-26)27-25(32)34-15-21-19-8-4-2-6-17(19)18-7-3-5-9-20(18)21/h2-9,16,21-22H,10-15H2,1H3,(H,27,32)(H,30,31). The number of carboxylic acid groups (broad SMARTS) is 1. The van der Waals surface area contributed by atoms with E-state index in [9.17, 15) is 19.5 Å². The second kappa shape index (κ2) is 8.76. The lowest BCUT2D eigenvalue weighted by molar-refractivity contribution is -0.148. The maximum Gasteiger partial charge on any atom is 0.407 e. The van der Waals surface area contributed by atoms with E-state index >= 15 is 0 Å². The number of ether oxygens (including phenoxy) is 2. The van der Waals surface area contributed by atoms with Gasteiger partial charge in [-0.05, 0) is 35.1 Å². The molecule has 5 rings (SSSR count). The van der Waals surface area contributed by atoms with E-state index in [1.54, 1.807) is 0 Å². The quantitative estimate of drug-likeness (QED) is 0.652. The summed E-state index contributed by atoms with van der Waals surface area (Å²) in [5.74, 6) is -1.37. The highest BCUT2D eigenvalue weighted by atomic mass is 16.5. The summed E-state index contributed by atoms with van der Waals surface area (Å²) in [5.41, 5.74) is 3.91. The van der Waals surface area contributed by atoms with Crippen LogP contribution in [0.2, 0.25) is 0 Å². The molecule has 2 N–H and O–H groups in total. The fraction of sp³-hybridized carbons (Fsp3) is 0.423. The fourth-order valence-corrected chi connectivity index (χ4v) is 5.22. The smallest absolute Gasteiger partial charge is 0.407 e. The van der Waals surface area contributed by atoms with Crippen LogP contribution in [0.15, 0.2) is 48.5 Å². The van der Waals surface area contributed by atoms with E-state index in [-0.39, 0.29) is 43.9 Å². The van der Waals surface area contributed by atoms with Crippen molar-refractivity contribution in [3.63, 3.8) is 0 Å². The molecule has 0 radical (unpaired) electrons. The van der Waals surface area contributed by atoms with Gasteiger partial charge in [-0.3, -0.25) is 4.79 Å². The molecular formula is C26H28N2O6. The Kier molecular flexibility index (Phi) is 5.77. The van der Waals surface area contributed by atoms with Crippen molar-refractivity contribution in [3.05, 3.63) is 59.7 Å². The number of nitrogens with one attached hydrogen (secondary N) is 1. The van der Waals surface area contributed by atoms with Gasteiger partial charge in [0.2, 0.25) is 5.91 Å². The van der Waals surface area contributed by atoms with Gasteiger partial charge in [0, 0.05) is 26.0 Å². The molecule has 8 nitrogen and oxygen atoms in total. The lowest BCUT2D eigenvalue weighted by Gasteiger charge is -2.25. The number of likely N-dealkylation sites (tertiary alicyclic amines) is 1. The van der Waals surface area contributed by atoms with Crippen LogP contribution < -0.4 is 5.32 Å². The second-order valence-electron chi connectivity index (χ2n) is 9.40. The molecule has 1 heterocycles. The summed E-state index contributed by atoms with van der Waals surface area (Å²) in [5, 5.41) is 12.4. The molecule has 2 unspecified atom stereocenters. The number of fused-ring (bicyclic) bond motifs is 3. The highest BCUT2D eigenvalue weighted by molar-refractivity contribution is 5.86. The van der Waals surface area contributed by atoms with E-state index in [1.807, 2.05) is 24.3 Å². The van der Waals surface area contributed by atoms with Gasteiger partial charge in [-0.1, -0.05) is 48.5 Å². The second-order valence-corrected chi connectivity index (χ2v) is 9.40. The first-order valence-electron chi connectivity index (χ1n) is 11.6. The minimum atomic E-state index is -1.04. The van der Waals surface area contributed by atoms with Gasteiger partial charge in [0.05, 0.1) is 18.1 Å². The number of amides is 2. The molecule has 0 spiro atoms. The van der Waals surface area contributed by atoms with Crippen molar-refractivity contribution in [3.8, 4) is 11.1 Å². The largest absolute Gasteiger partial charge is 0.480 e. The van der Waals surface area contributed by atoms with Crippen LogP contribution in [0.5, 0.6) is 0 Å². The fourth-order valence-electron chi connectivity index (χ4n) is 5.22. The lowest BCUT2D eigenvalue weighted by Crippen LogP contribution is -2.46. The molecule has 2 aliphatic carbocycles. The van der Waals surface area contributed by atoms with Gasteiger partial charge in [0.15, 0.2) is 0 Å². The van der Waals surface area contributed by atoms with Crippen LogP contribution in [0.1, 0.15) is 42.7 Å². The summed E-state index contributed by atoms with van der Waals surface area (Å²) < 4.78 is 10.9. The van der Waals surface area contributed by atoms with Crippen LogP contribution in [0.4, 0.5) is 4.79 Å². The predicted molar refractivity (Wildman–Crippen MR) is 123 cm³/mol. The van der Waals surface area contributed by atoms with E-state index in [0.717, 1.165) is 22.3 Å². The molecule has 2 atom stereocenters. The number of aliphatic carboxylic acids is 1. The van der Waals surface area contributed by atoms with Gasteiger partial charge in [0.1, 0.15) is 12.6 Å². The van der Waals surface area contributed by atoms with Crippen LogP contribution >= 0.6 is 0 Å². The third-order valence-corrected chi connectivity index (χ3v) is 7.26. The average Bonchev–Trinajstić information content (AvgIpc) is 3.30. The number of rotatable bonds is 7. The van der Waals surface area contributed by atoms with Crippen molar-refractivity contribution in [2.24, 2.45) is 0 Å². The molecule has 2 aromatic rings. The molecule has 1 saturated heterocycles. The monoisotopic (exact) mass is 464 g/mol. The zero-order valence-electron chi connectivity index (χ0n) is 19.0. The summed E-state index contributed by atoms with van der Waals surface area (Å²) >= 11 is 0. The third kappa shape index (κ3) is 4.14. The highest BCUT2D eigenvalue weighted by Gasteiger charge is 2.49. The number of carboxylic acids is 1. The van der Waals surface area contributed by atoms with Gasteiger partial charge in [0.25, 0.3) is 0 Å². The topological polar surface area (TPSA) is 105 Å². The van der Waals surface area contributed by atoms with Crippen LogP contribution in [-0.4, -0.2) is 65.9 Å². The van der Waals surface area contributed by atoms with E-state index < -0.39 is 23.6 Å². The minimum absolute atomic E-state index is 0.0400. The number of hydrogen-bond donors (Lipinski definition) is 2. The Bertz CT molecular complexity index is 1080. The molecular weight excluding hydrogens is 436 g/mol. The summed E-state index contributed by atoms with van der Waals surface area (Å²) in [7, 11) is 1.51. The predicted octanol–water partition coefficient (Wildman–Crippen LogP) is 3.15. The van der Waals surface area contributed by atoms with E-state index in [0.29, 0.717) is 12.8 Å². The molecule has 3 aliphatic rings. The number of carbonyl (C=O) groups excluding carboxylic acids is 2. The SMILES string of the molecule is COC1CC(C(=O)O)N(C(=O)CC2(NC(=O)OCC3c4ccccc4-c4ccccc43)CC2)C1. The Morgan fingerprint density at radius 3 is 2.24 bits per heavy atom. The summed E-state index contributed by atoms with van der Waals surface area (Å²) in [6.07, 6.45) is 0.778. The van der Waals surface area contributed by atoms with Crippen molar-refractivity contribution >= 4 is 18.0 Å². The van der Waals surface area contributed by atoms with Gasteiger partial charge < -0.3 is 24.8 Å². The van der Waals surface area contributed by atoms with Gasteiger partial charge >= 0.3 is 12.1 Å². The first-order valence-corrected chi connectivity index (χ1v) is 11.6. The number of nitrogens with zero attached hydrogens (tertiary/aromatic N) is 1. The van der Waals surface area contributed by atoms with Gasteiger partial charge in [-0.25, -0.2) is 9.59 Å². The molecule has 178 valence electrons. The number of carbonyl (C=O) groups is 3. The summed E-state index contributed by atoms with van der Waals surface area (Å²) in [6.45, 7) is 0.444. The van der Waals surface area contributed by atoms with Crippen molar-refractivity contribution < 1.29 is 29.0 Å². The van der Waals surface area contributed by atoms with E-state index in [1.165, 1.54) is 12.0 Å². The third-order valence-electron chi connectivity index (χ3n) is 7.26. The zero-order valence-corrected chi connectivity index (χ0v) is 19.0. The average molecular weight is 465 g/mol. The van der Waals surface area contributed by atoms with Gasteiger partial charge in [-0.2, -0.15) is 0 Å². The Hall–Kier alpha value is -3.39. The summed E-state index contributed by atoms with van der Waals surface area (Å²) in [4.78, 5) is 38.5. The Morgan fingerprint density at radius 1 is 1.06 bits per heavy atom. The number of methoxy groups -OCH3 is 1. The van der Waals surface area contributed by atoms with Gasteiger partial charge in [-0.15, -0.1) is 0 Å². The van der Waals surface area contributed by atoms with E-state index in [4.69, 9.17) is 9.47 Å². The molecule has 0 aromatic heterocycles. The first kappa shape index (κ1) is 22.4. The first-order chi connectivity index (χ1) is 16.4. The van der Waals surface area contributed by atoms with Crippen LogP contribution in [-0.2, 0) is 19.1 Å². The Balaban J connectivity index is 1.20. The molecule has 2 amide bonds. The zero-order chi connectivity index (χ0) is 23.9. The molecule has 1 saturated carbocycles. The molecule has 1 aliphatic heterocycles. The summed E-state index contributed by atoms with van der Waals surface area (Å²) in [6, 6.07) is 15.4. The maximum absolute atomic E-state index is 12.9. The number of benzene rings is 2. The normalized spacial score (nSPS) is 22.1. The molecule has 34 heavy (non-hydrogen) atoms. The Morgan fingerprint density at radius 2 is 1.68 bits per heavy atom. The van der Waals surface area contributed by atoms with Crippen LogP contribution in [0, 0.1) is 0 Å². The highest BCUT2D eigenvalue weighted by Crippen LogP contribution is 2.45. The molecule has 0 bridgehead atoms. The molecule has 2 fully saturated rings. The maximum atomic E-state index is 12.9. The minimum Gasteiger partial charge on any atom is -0.480 e.